The number of carbonyl (C=O) groups excluding carboxylic acids is 1. The molecule has 0 bridgehead atoms. The number of fused-ring (bicyclic) bond motifs is 1. The van der Waals surface area contributed by atoms with Crippen LogP contribution in [0.25, 0.3) is 0 Å². The molecule has 17 heavy (non-hydrogen) atoms. The molecule has 1 aliphatic carbocycles. The van der Waals surface area contributed by atoms with Crippen LogP contribution in [0.2, 0.25) is 0 Å². The van der Waals surface area contributed by atoms with Crippen LogP contribution in [0.3, 0.4) is 0 Å². The number of carbonyl (C=O) groups is 1. The first-order valence-electron chi connectivity index (χ1n) is 5.51. The maximum atomic E-state index is 11.5. The summed E-state index contributed by atoms with van der Waals surface area (Å²) in [6.07, 6.45) is 3.84. The molecule has 1 aliphatic rings. The van der Waals surface area contributed by atoms with Gasteiger partial charge in [0.1, 0.15) is 11.8 Å². The third kappa shape index (κ3) is 2.01. The van der Waals surface area contributed by atoms with Gasteiger partial charge in [0.05, 0.1) is 18.2 Å². The van der Waals surface area contributed by atoms with Gasteiger partial charge in [-0.3, -0.25) is 4.79 Å². The Morgan fingerprint density at radius 2 is 2.18 bits per heavy atom. The summed E-state index contributed by atoms with van der Waals surface area (Å²) < 4.78 is 5.17. The quantitative estimate of drug-likeness (QED) is 0.758. The van der Waals surface area contributed by atoms with Crippen molar-refractivity contribution in [2.24, 2.45) is 0 Å². The Morgan fingerprint density at radius 1 is 1.47 bits per heavy atom. The molecule has 0 N–H and O–H groups in total. The van der Waals surface area contributed by atoms with Crippen molar-refractivity contribution < 1.29 is 9.53 Å². The van der Waals surface area contributed by atoms with E-state index in [1.807, 2.05) is 6.07 Å². The number of ether oxygens (including phenoxy) is 1. The summed E-state index contributed by atoms with van der Waals surface area (Å²) in [5, 5.41) is 8.53. The van der Waals surface area contributed by atoms with Crippen LogP contribution in [0.15, 0.2) is 6.07 Å². The first kappa shape index (κ1) is 11.9. The van der Waals surface area contributed by atoms with Gasteiger partial charge >= 0.3 is 0 Å². The van der Waals surface area contributed by atoms with E-state index in [2.05, 4.69) is 6.07 Å². The summed E-state index contributed by atoms with van der Waals surface area (Å²) in [6.45, 7) is 0. The molecule has 0 aliphatic heterocycles. The fourth-order valence-electron chi connectivity index (χ4n) is 2.39. The summed E-state index contributed by atoms with van der Waals surface area (Å²) in [4.78, 5) is 11.5. The first-order chi connectivity index (χ1) is 8.19. The molecule has 88 valence electrons. The lowest BCUT2D eigenvalue weighted by Gasteiger charge is -2.20. The highest BCUT2D eigenvalue weighted by atomic mass is 35.5. The van der Waals surface area contributed by atoms with E-state index in [-0.39, 0.29) is 0 Å². The SMILES string of the molecule is COc1c(C#N)cc2c(c1C(=O)Cl)CCCC2. The summed E-state index contributed by atoms with van der Waals surface area (Å²) in [5.74, 6) is 0.313. The Morgan fingerprint density at radius 3 is 2.76 bits per heavy atom. The summed E-state index contributed by atoms with van der Waals surface area (Å²) in [5.41, 5.74) is 2.77. The average Bonchev–Trinajstić information content (AvgIpc) is 2.35. The van der Waals surface area contributed by atoms with E-state index in [1.165, 1.54) is 7.11 Å². The van der Waals surface area contributed by atoms with Gasteiger partial charge in [-0.1, -0.05) is 0 Å². The molecule has 0 fully saturated rings. The summed E-state index contributed by atoms with van der Waals surface area (Å²) in [7, 11) is 1.45. The Bertz CT molecular complexity index is 517. The van der Waals surface area contributed by atoms with Crippen molar-refractivity contribution >= 4 is 16.8 Å². The number of aryl methyl sites for hydroxylation is 1. The molecule has 0 spiro atoms. The van der Waals surface area contributed by atoms with Crippen LogP contribution < -0.4 is 4.74 Å². The Balaban J connectivity index is 2.75. The number of rotatable bonds is 2. The molecule has 0 radical (unpaired) electrons. The smallest absolute Gasteiger partial charge is 0.256 e. The van der Waals surface area contributed by atoms with E-state index in [1.54, 1.807) is 0 Å². The highest BCUT2D eigenvalue weighted by Crippen LogP contribution is 2.35. The second-order valence-electron chi connectivity index (χ2n) is 4.06. The van der Waals surface area contributed by atoms with Gasteiger partial charge in [-0.2, -0.15) is 5.26 Å². The molecule has 0 heterocycles. The number of nitrogens with zero attached hydrogens (tertiary/aromatic N) is 1. The van der Waals surface area contributed by atoms with Gasteiger partial charge in [0.2, 0.25) is 0 Å². The average molecular weight is 250 g/mol. The molecule has 0 saturated heterocycles. The number of hydrogen-bond acceptors (Lipinski definition) is 3. The highest BCUT2D eigenvalue weighted by Gasteiger charge is 2.24. The van der Waals surface area contributed by atoms with E-state index in [0.29, 0.717) is 16.9 Å². The topological polar surface area (TPSA) is 50.1 Å². The van der Waals surface area contributed by atoms with Crippen molar-refractivity contribution in [1.82, 2.24) is 0 Å². The van der Waals surface area contributed by atoms with Crippen molar-refractivity contribution in [3.05, 3.63) is 28.3 Å². The minimum absolute atomic E-state index is 0.313. The van der Waals surface area contributed by atoms with Crippen LogP contribution in [0.4, 0.5) is 0 Å². The van der Waals surface area contributed by atoms with Crippen molar-refractivity contribution in [2.45, 2.75) is 25.7 Å². The van der Waals surface area contributed by atoms with Gasteiger partial charge in [0.15, 0.2) is 0 Å². The van der Waals surface area contributed by atoms with Crippen LogP contribution in [0.5, 0.6) is 5.75 Å². The van der Waals surface area contributed by atoms with Gasteiger partial charge in [-0.05, 0) is 54.5 Å². The molecule has 0 amide bonds. The minimum Gasteiger partial charge on any atom is -0.495 e. The van der Waals surface area contributed by atoms with E-state index in [0.717, 1.165) is 36.8 Å². The molecule has 4 heteroatoms. The standard InChI is InChI=1S/C13H12ClNO2/c1-17-12-9(7-15)6-8-4-2-3-5-10(8)11(12)13(14)16/h6H,2-5H2,1H3. The Labute approximate surface area is 105 Å². The lowest BCUT2D eigenvalue weighted by Crippen LogP contribution is -2.11. The molecular formula is C13H12ClNO2. The van der Waals surface area contributed by atoms with E-state index in [4.69, 9.17) is 21.6 Å². The maximum absolute atomic E-state index is 11.5. The minimum atomic E-state index is -0.544. The second-order valence-corrected chi connectivity index (χ2v) is 4.41. The molecule has 0 saturated carbocycles. The van der Waals surface area contributed by atoms with Crippen molar-refractivity contribution in [3.63, 3.8) is 0 Å². The zero-order valence-corrected chi connectivity index (χ0v) is 10.3. The molecular weight excluding hydrogens is 238 g/mol. The third-order valence-electron chi connectivity index (χ3n) is 3.12. The van der Waals surface area contributed by atoms with Crippen molar-refractivity contribution in [1.29, 1.82) is 5.26 Å². The fraction of sp³-hybridized carbons (Fsp3) is 0.385. The number of nitriles is 1. The molecule has 0 atom stereocenters. The van der Waals surface area contributed by atoms with E-state index < -0.39 is 5.24 Å². The summed E-state index contributed by atoms with van der Waals surface area (Å²) in [6, 6.07) is 3.87. The number of hydrogen-bond donors (Lipinski definition) is 0. The van der Waals surface area contributed by atoms with Gasteiger partial charge in [-0.25, -0.2) is 0 Å². The summed E-state index contributed by atoms with van der Waals surface area (Å²) >= 11 is 5.62. The Hall–Kier alpha value is -1.53. The fourth-order valence-corrected chi connectivity index (χ4v) is 2.59. The third-order valence-corrected chi connectivity index (χ3v) is 3.31. The Kier molecular flexibility index (Phi) is 3.35. The number of benzene rings is 1. The molecule has 3 nitrogen and oxygen atoms in total. The molecule has 0 unspecified atom stereocenters. The highest BCUT2D eigenvalue weighted by molar-refractivity contribution is 6.68. The largest absolute Gasteiger partial charge is 0.495 e. The predicted octanol–water partition coefficient (Wildman–Crippen LogP) is 2.82. The van der Waals surface area contributed by atoms with E-state index >= 15 is 0 Å². The van der Waals surface area contributed by atoms with Crippen LogP contribution >= 0.6 is 11.6 Å². The van der Waals surface area contributed by atoms with Gasteiger partial charge in [-0.15, -0.1) is 0 Å². The lowest BCUT2D eigenvalue weighted by molar-refractivity contribution is 0.107. The van der Waals surface area contributed by atoms with Gasteiger partial charge in [0, 0.05) is 0 Å². The van der Waals surface area contributed by atoms with Gasteiger partial charge < -0.3 is 4.74 Å². The van der Waals surface area contributed by atoms with Crippen LogP contribution in [-0.4, -0.2) is 12.4 Å². The zero-order chi connectivity index (χ0) is 12.4. The van der Waals surface area contributed by atoms with Crippen molar-refractivity contribution in [3.8, 4) is 11.8 Å². The van der Waals surface area contributed by atoms with Gasteiger partial charge in [0.25, 0.3) is 5.24 Å². The second kappa shape index (κ2) is 4.77. The van der Waals surface area contributed by atoms with Crippen LogP contribution in [0.1, 0.15) is 39.9 Å². The predicted molar refractivity (Wildman–Crippen MR) is 64.5 cm³/mol. The number of halogens is 1. The monoisotopic (exact) mass is 249 g/mol. The first-order valence-corrected chi connectivity index (χ1v) is 5.89. The normalized spacial score (nSPS) is 13.7. The molecule has 1 aromatic rings. The van der Waals surface area contributed by atoms with Crippen LogP contribution in [-0.2, 0) is 12.8 Å². The maximum Gasteiger partial charge on any atom is 0.256 e. The molecule has 1 aromatic carbocycles. The van der Waals surface area contributed by atoms with Crippen LogP contribution in [0, 0.1) is 11.3 Å². The molecule has 0 aromatic heterocycles. The number of methoxy groups -OCH3 is 1. The van der Waals surface area contributed by atoms with E-state index in [9.17, 15) is 4.79 Å². The van der Waals surface area contributed by atoms with Crippen molar-refractivity contribution in [2.75, 3.05) is 7.11 Å². The zero-order valence-electron chi connectivity index (χ0n) is 9.55. The lowest BCUT2D eigenvalue weighted by atomic mass is 9.86. The molecule has 2 rings (SSSR count).